The van der Waals surface area contributed by atoms with Crippen molar-refractivity contribution in [3.63, 3.8) is 0 Å². The number of esters is 1. The average molecular weight is 880 g/mol. The lowest BCUT2D eigenvalue weighted by Crippen LogP contribution is -2.51. The first-order valence-corrected chi connectivity index (χ1v) is 21.4. The number of fused-ring (bicyclic) bond motifs is 1. The topological polar surface area (TPSA) is 150 Å². The van der Waals surface area contributed by atoms with Crippen molar-refractivity contribution in [3.8, 4) is 5.75 Å². The Hall–Kier alpha value is -4.48. The molecule has 2 aromatic carbocycles. The molecule has 4 amide bonds. The minimum atomic E-state index is -4.80. The molecule has 0 radical (unpaired) electrons. The number of nitrogens with one attached hydrogen (secondary N) is 1. The van der Waals surface area contributed by atoms with Gasteiger partial charge in [0.1, 0.15) is 12.4 Å². The second-order valence-electron chi connectivity index (χ2n) is 16.7. The molecule has 18 heteroatoms. The molecule has 3 aliphatic heterocycles. The fourth-order valence-electron chi connectivity index (χ4n) is 8.28. The van der Waals surface area contributed by atoms with Gasteiger partial charge < -0.3 is 49.8 Å². The summed E-state index contributed by atoms with van der Waals surface area (Å²) in [5.41, 5.74) is 5.64. The van der Waals surface area contributed by atoms with Gasteiger partial charge in [0, 0.05) is 64.5 Å². The van der Waals surface area contributed by atoms with Crippen molar-refractivity contribution in [2.24, 2.45) is 11.8 Å². The molecule has 5 rings (SSSR count). The van der Waals surface area contributed by atoms with Crippen molar-refractivity contribution in [1.82, 2.24) is 24.5 Å². The van der Waals surface area contributed by atoms with Crippen molar-refractivity contribution in [1.29, 1.82) is 0 Å². The van der Waals surface area contributed by atoms with E-state index in [9.17, 15) is 32.3 Å². The van der Waals surface area contributed by atoms with Crippen LogP contribution >= 0.6 is 11.6 Å². The lowest BCUT2D eigenvalue weighted by Gasteiger charge is -2.38. The smallest absolute Gasteiger partial charge is 0.418 e. The van der Waals surface area contributed by atoms with Crippen LogP contribution in [0.2, 0.25) is 5.02 Å². The predicted octanol–water partition coefficient (Wildman–Crippen LogP) is 6.24. The van der Waals surface area contributed by atoms with Gasteiger partial charge in [-0.1, -0.05) is 18.5 Å². The predicted molar refractivity (Wildman–Crippen MR) is 227 cm³/mol. The van der Waals surface area contributed by atoms with E-state index in [1.54, 1.807) is 25.1 Å². The zero-order valence-corrected chi connectivity index (χ0v) is 36.7. The Balaban J connectivity index is 1.17. The van der Waals surface area contributed by atoms with E-state index in [1.165, 1.54) is 15.9 Å². The Labute approximate surface area is 361 Å². The first kappa shape index (κ1) is 47.6. The van der Waals surface area contributed by atoms with Crippen molar-refractivity contribution in [3.05, 3.63) is 52.0 Å². The molecule has 3 heterocycles. The van der Waals surface area contributed by atoms with Gasteiger partial charge in [-0.2, -0.15) is 13.2 Å². The molecule has 0 saturated carbocycles. The van der Waals surface area contributed by atoms with Crippen molar-refractivity contribution in [2.45, 2.75) is 76.6 Å². The molecule has 0 bridgehead atoms. The number of likely N-dealkylation sites (N-methyl/N-ethyl adjacent to an activating group) is 2. The third-order valence-corrected chi connectivity index (χ3v) is 12.5. The molecule has 2 atom stereocenters. The molecule has 0 aliphatic carbocycles. The highest BCUT2D eigenvalue weighted by Gasteiger charge is 2.37. The Kier molecular flexibility index (Phi) is 16.8. The van der Waals surface area contributed by atoms with Crippen LogP contribution < -0.4 is 15.8 Å². The van der Waals surface area contributed by atoms with Gasteiger partial charge in [-0.3, -0.25) is 9.59 Å². The summed E-state index contributed by atoms with van der Waals surface area (Å²) in [6, 6.07) is 7.21. The number of nitrogen functional groups attached to an aromatic ring is 1. The van der Waals surface area contributed by atoms with Gasteiger partial charge in [0.15, 0.2) is 6.10 Å². The van der Waals surface area contributed by atoms with Gasteiger partial charge in [-0.25, -0.2) is 9.59 Å². The highest BCUT2D eigenvalue weighted by molar-refractivity contribution is 6.33. The number of carbonyl (C=O) groups excluding carboxylic acids is 4. The SMILES string of the molecule is COc1ccc2c(c1)CCN(C1CCN(C(=O)O[C@H](Cc3cc(Cl)c(N)c(C(F)(F)F)c3)C(=O)N(C)CCC(C)C3CCN(CCC(=O)OCCN(C)C)CC3)CC1)C(=O)N2. The van der Waals surface area contributed by atoms with Crippen LogP contribution in [-0.4, -0.2) is 148 Å². The Morgan fingerprint density at radius 3 is 2.36 bits per heavy atom. The Morgan fingerprint density at radius 2 is 1.70 bits per heavy atom. The van der Waals surface area contributed by atoms with Crippen molar-refractivity contribution in [2.75, 3.05) is 98.3 Å². The normalized spacial score (nSPS) is 17.9. The number of methoxy groups -OCH3 is 1. The van der Waals surface area contributed by atoms with Gasteiger partial charge in [-0.05, 0) is 119 Å². The zero-order chi connectivity index (χ0) is 44.4. The number of piperidine rings is 2. The van der Waals surface area contributed by atoms with Crippen LogP contribution in [0, 0.1) is 11.8 Å². The van der Waals surface area contributed by atoms with Gasteiger partial charge in [0.2, 0.25) is 0 Å². The molecule has 14 nitrogen and oxygen atoms in total. The molecule has 2 fully saturated rings. The second-order valence-corrected chi connectivity index (χ2v) is 17.1. The highest BCUT2D eigenvalue weighted by atomic mass is 35.5. The molecule has 338 valence electrons. The number of nitrogens with two attached hydrogens (primary N) is 1. The molecule has 0 spiro atoms. The van der Waals surface area contributed by atoms with Gasteiger partial charge in [0.05, 0.1) is 29.8 Å². The maximum atomic E-state index is 14.1. The number of carbonyl (C=O) groups is 4. The Morgan fingerprint density at radius 1 is 1.00 bits per heavy atom. The number of hydrogen-bond donors (Lipinski definition) is 2. The number of amides is 4. The summed E-state index contributed by atoms with van der Waals surface area (Å²) in [5, 5.41) is 2.66. The van der Waals surface area contributed by atoms with E-state index in [4.69, 9.17) is 31.5 Å². The number of halogens is 4. The van der Waals surface area contributed by atoms with Gasteiger partial charge in [0.25, 0.3) is 5.91 Å². The third-order valence-electron chi connectivity index (χ3n) is 12.2. The summed E-state index contributed by atoms with van der Waals surface area (Å²) in [4.78, 5) is 62.1. The fourth-order valence-corrected chi connectivity index (χ4v) is 8.52. The Bertz CT molecular complexity index is 1840. The monoisotopic (exact) mass is 879 g/mol. The number of ether oxygens (including phenoxy) is 3. The molecule has 3 N–H and O–H groups in total. The number of likely N-dealkylation sites (tertiary alicyclic amines) is 2. The number of hydrogen-bond acceptors (Lipinski definition) is 10. The standard InChI is InChI=1S/C43H61ClF3N7O7/c1-28(30-9-16-52(17-10-30)18-14-38(55)60-23-22-50(2)3)8-15-51(4)40(56)37(26-29-24-34(43(45,46)47)39(48)35(44)25-29)61-42(58)53-19-12-32(13-20-53)54-21-11-31-27-33(59-5)6-7-36(31)49-41(54)57/h6-7,24-25,27-28,30,32,37H,8-23,26,48H2,1-5H3,(H,49,57)/t28?,37-/m1/s1. The summed E-state index contributed by atoms with van der Waals surface area (Å²) >= 11 is 6.14. The van der Waals surface area contributed by atoms with Crippen LogP contribution in [0.1, 0.15) is 62.1 Å². The second kappa shape index (κ2) is 21.5. The molecule has 61 heavy (non-hydrogen) atoms. The van der Waals surface area contributed by atoms with E-state index in [0.717, 1.165) is 43.2 Å². The summed E-state index contributed by atoms with van der Waals surface area (Å²) in [6.07, 6.45) is -2.95. The molecule has 1 unspecified atom stereocenters. The lowest BCUT2D eigenvalue weighted by molar-refractivity contribution is -0.144. The van der Waals surface area contributed by atoms with E-state index in [-0.39, 0.29) is 54.1 Å². The van der Waals surface area contributed by atoms with E-state index >= 15 is 0 Å². The number of rotatable bonds is 16. The number of alkyl halides is 3. The van der Waals surface area contributed by atoms with Gasteiger partial charge >= 0.3 is 24.3 Å². The molecule has 2 aromatic rings. The molecule has 3 aliphatic rings. The van der Waals surface area contributed by atoms with E-state index in [2.05, 4.69) is 17.1 Å². The molecular formula is C43H61ClF3N7O7. The summed E-state index contributed by atoms with van der Waals surface area (Å²) in [6.45, 7) is 6.83. The minimum Gasteiger partial charge on any atom is -0.497 e. The number of anilines is 2. The van der Waals surface area contributed by atoms with Crippen LogP contribution in [0.5, 0.6) is 5.75 Å². The van der Waals surface area contributed by atoms with Crippen LogP contribution in [0.25, 0.3) is 0 Å². The fraction of sp³-hybridized carbons (Fsp3) is 0.628. The summed E-state index contributed by atoms with van der Waals surface area (Å²) < 4.78 is 58.3. The number of urea groups is 1. The lowest BCUT2D eigenvalue weighted by atomic mass is 9.83. The zero-order valence-electron chi connectivity index (χ0n) is 35.9. The quantitative estimate of drug-likeness (QED) is 0.147. The average Bonchev–Trinajstić information content (AvgIpc) is 3.39. The van der Waals surface area contributed by atoms with Crippen LogP contribution in [-0.2, 0) is 38.1 Å². The summed E-state index contributed by atoms with van der Waals surface area (Å²) in [5.74, 6) is 0.598. The van der Waals surface area contributed by atoms with Crippen LogP contribution in [0.4, 0.5) is 34.1 Å². The van der Waals surface area contributed by atoms with E-state index < -0.39 is 35.5 Å². The van der Waals surface area contributed by atoms with Crippen LogP contribution in [0.15, 0.2) is 30.3 Å². The summed E-state index contributed by atoms with van der Waals surface area (Å²) in [7, 11) is 7.03. The maximum Gasteiger partial charge on any atom is 0.418 e. The van der Waals surface area contributed by atoms with E-state index in [0.29, 0.717) is 76.6 Å². The third kappa shape index (κ3) is 13.3. The van der Waals surface area contributed by atoms with E-state index in [1.807, 2.05) is 31.1 Å². The first-order valence-electron chi connectivity index (χ1n) is 21.1. The maximum absolute atomic E-state index is 14.1. The number of nitrogens with zero attached hydrogens (tertiary/aromatic N) is 5. The first-order chi connectivity index (χ1) is 28.9. The van der Waals surface area contributed by atoms with Gasteiger partial charge in [-0.15, -0.1) is 0 Å². The molecular weight excluding hydrogens is 819 g/mol. The minimum absolute atomic E-state index is 0.0394. The molecule has 0 aromatic heterocycles. The highest BCUT2D eigenvalue weighted by Crippen LogP contribution is 2.38. The molecule has 2 saturated heterocycles. The largest absolute Gasteiger partial charge is 0.497 e. The van der Waals surface area contributed by atoms with Crippen molar-refractivity contribution >= 4 is 47.0 Å². The number of benzene rings is 2. The van der Waals surface area contributed by atoms with Crippen molar-refractivity contribution < 1.29 is 46.6 Å². The van der Waals surface area contributed by atoms with Crippen LogP contribution in [0.3, 0.4) is 0 Å².